The van der Waals surface area contributed by atoms with Crippen LogP contribution in [0.2, 0.25) is 0 Å². The number of amides is 1. The number of nitrogens with zero attached hydrogens (tertiary/aromatic N) is 2. The lowest BCUT2D eigenvalue weighted by atomic mass is 9.96. The van der Waals surface area contributed by atoms with E-state index in [1.807, 2.05) is 43.3 Å². The summed E-state index contributed by atoms with van der Waals surface area (Å²) in [7, 11) is 0. The van der Waals surface area contributed by atoms with Crippen LogP contribution in [0.1, 0.15) is 30.4 Å². The number of nitrogens with one attached hydrogen (secondary N) is 1. The number of carbonyl (C=O) groups excluding carboxylic acids is 1. The van der Waals surface area contributed by atoms with Crippen molar-refractivity contribution in [3.8, 4) is 6.07 Å². The Morgan fingerprint density at radius 3 is 2.60 bits per heavy atom. The Hall–Kier alpha value is -2.67. The molecule has 1 amide bonds. The maximum absolute atomic E-state index is 12.3. The predicted octanol–water partition coefficient (Wildman–Crippen LogP) is 3.09. The fourth-order valence-electron chi connectivity index (χ4n) is 2.01. The molecule has 0 radical (unpaired) electrons. The highest BCUT2D eigenvalue weighted by molar-refractivity contribution is 5.95. The molecule has 0 aliphatic carbocycles. The van der Waals surface area contributed by atoms with Gasteiger partial charge >= 0.3 is 0 Å². The van der Waals surface area contributed by atoms with Crippen LogP contribution in [0.25, 0.3) is 0 Å². The highest BCUT2D eigenvalue weighted by atomic mass is 16.1. The van der Waals surface area contributed by atoms with Crippen molar-refractivity contribution in [3.63, 3.8) is 0 Å². The van der Waals surface area contributed by atoms with Crippen LogP contribution in [0, 0.1) is 11.3 Å². The summed E-state index contributed by atoms with van der Waals surface area (Å²) in [4.78, 5) is 16.3. The number of hydrogen-bond acceptors (Lipinski definition) is 3. The number of rotatable bonds is 4. The zero-order valence-corrected chi connectivity index (χ0v) is 11.2. The van der Waals surface area contributed by atoms with Crippen molar-refractivity contribution in [2.24, 2.45) is 0 Å². The second-order valence-electron chi connectivity index (χ2n) is 4.40. The van der Waals surface area contributed by atoms with E-state index in [-0.39, 0.29) is 11.8 Å². The molecule has 0 saturated heterocycles. The molecule has 1 aromatic heterocycles. The molecule has 1 atom stereocenters. The maximum atomic E-state index is 12.3. The van der Waals surface area contributed by atoms with Gasteiger partial charge in [-0.1, -0.05) is 37.3 Å². The SMILES string of the molecule is CCC(C(=O)Nc1ccc(C#N)cn1)c1ccccc1. The number of aromatic nitrogens is 1. The lowest BCUT2D eigenvalue weighted by Gasteiger charge is -2.14. The minimum absolute atomic E-state index is 0.0871. The third-order valence-electron chi connectivity index (χ3n) is 3.07. The smallest absolute Gasteiger partial charge is 0.233 e. The summed E-state index contributed by atoms with van der Waals surface area (Å²) in [5.74, 6) is 0.174. The zero-order chi connectivity index (χ0) is 14.4. The van der Waals surface area contributed by atoms with E-state index in [4.69, 9.17) is 5.26 Å². The summed E-state index contributed by atoms with van der Waals surface area (Å²) < 4.78 is 0. The van der Waals surface area contributed by atoms with Crippen molar-refractivity contribution in [1.29, 1.82) is 5.26 Å². The molecule has 0 saturated carbocycles. The van der Waals surface area contributed by atoms with E-state index in [1.165, 1.54) is 6.20 Å². The minimum atomic E-state index is -0.200. The van der Waals surface area contributed by atoms with Crippen molar-refractivity contribution < 1.29 is 4.79 Å². The van der Waals surface area contributed by atoms with E-state index in [9.17, 15) is 4.79 Å². The highest BCUT2D eigenvalue weighted by Gasteiger charge is 2.18. The zero-order valence-electron chi connectivity index (χ0n) is 11.2. The Kier molecular flexibility index (Phi) is 4.46. The molecule has 20 heavy (non-hydrogen) atoms. The largest absolute Gasteiger partial charge is 0.310 e. The van der Waals surface area contributed by atoms with Gasteiger partial charge in [-0.2, -0.15) is 5.26 Å². The van der Waals surface area contributed by atoms with Crippen LogP contribution < -0.4 is 5.32 Å². The van der Waals surface area contributed by atoms with Crippen molar-refractivity contribution in [1.82, 2.24) is 4.98 Å². The Balaban J connectivity index is 2.11. The first kappa shape index (κ1) is 13.8. The predicted molar refractivity (Wildman–Crippen MR) is 77.1 cm³/mol. The van der Waals surface area contributed by atoms with Crippen LogP contribution in [0.4, 0.5) is 5.82 Å². The summed E-state index contributed by atoms with van der Waals surface area (Å²) in [6, 6.07) is 14.9. The second-order valence-corrected chi connectivity index (χ2v) is 4.40. The number of carbonyl (C=O) groups is 1. The van der Waals surface area contributed by atoms with Gasteiger partial charge in [0.1, 0.15) is 11.9 Å². The first-order valence-corrected chi connectivity index (χ1v) is 6.46. The van der Waals surface area contributed by atoms with Gasteiger partial charge in [0.05, 0.1) is 11.5 Å². The van der Waals surface area contributed by atoms with E-state index >= 15 is 0 Å². The fourth-order valence-corrected chi connectivity index (χ4v) is 2.01. The van der Waals surface area contributed by atoms with Gasteiger partial charge in [-0.25, -0.2) is 4.98 Å². The standard InChI is InChI=1S/C16H15N3O/c1-2-14(13-6-4-3-5-7-13)16(20)19-15-9-8-12(10-17)11-18-15/h3-9,11,14H,2H2,1H3,(H,18,19,20). The highest BCUT2D eigenvalue weighted by Crippen LogP contribution is 2.20. The monoisotopic (exact) mass is 265 g/mol. The van der Waals surface area contributed by atoms with Crippen molar-refractivity contribution in [2.75, 3.05) is 5.32 Å². The van der Waals surface area contributed by atoms with Gasteiger partial charge in [0.15, 0.2) is 0 Å². The van der Waals surface area contributed by atoms with E-state index < -0.39 is 0 Å². The Labute approximate surface area is 118 Å². The molecule has 1 heterocycles. The first-order valence-electron chi connectivity index (χ1n) is 6.46. The van der Waals surface area contributed by atoms with Crippen molar-refractivity contribution >= 4 is 11.7 Å². The van der Waals surface area contributed by atoms with Crippen LogP contribution in [0.15, 0.2) is 48.7 Å². The number of anilines is 1. The van der Waals surface area contributed by atoms with E-state index in [0.29, 0.717) is 17.8 Å². The summed E-state index contributed by atoms with van der Waals surface area (Å²) in [6.07, 6.45) is 2.16. The second kappa shape index (κ2) is 6.48. The Morgan fingerprint density at radius 1 is 1.30 bits per heavy atom. The molecule has 4 heteroatoms. The first-order chi connectivity index (χ1) is 9.74. The van der Waals surface area contributed by atoms with E-state index in [2.05, 4.69) is 10.3 Å². The quantitative estimate of drug-likeness (QED) is 0.923. The molecule has 0 fully saturated rings. The molecular weight excluding hydrogens is 250 g/mol. The molecule has 4 nitrogen and oxygen atoms in total. The average Bonchev–Trinajstić information content (AvgIpc) is 2.50. The summed E-state index contributed by atoms with van der Waals surface area (Å²) in [5, 5.41) is 11.5. The van der Waals surface area contributed by atoms with Crippen molar-refractivity contribution in [3.05, 3.63) is 59.8 Å². The molecule has 0 aliphatic rings. The number of nitriles is 1. The van der Waals surface area contributed by atoms with E-state index in [0.717, 1.165) is 5.56 Å². The fraction of sp³-hybridized carbons (Fsp3) is 0.188. The van der Waals surface area contributed by atoms with Gasteiger partial charge in [0, 0.05) is 6.20 Å². The van der Waals surface area contributed by atoms with Crippen LogP contribution in [0.3, 0.4) is 0 Å². The molecule has 100 valence electrons. The molecule has 1 aromatic carbocycles. The molecule has 1 N–H and O–H groups in total. The summed E-state index contributed by atoms with van der Waals surface area (Å²) >= 11 is 0. The Bertz CT molecular complexity index is 614. The van der Waals surface area contributed by atoms with Crippen LogP contribution in [-0.2, 0) is 4.79 Å². The van der Waals surface area contributed by atoms with Gasteiger partial charge in [-0.05, 0) is 24.1 Å². The molecular formula is C16H15N3O. The van der Waals surface area contributed by atoms with Crippen molar-refractivity contribution in [2.45, 2.75) is 19.3 Å². The number of hydrogen-bond donors (Lipinski definition) is 1. The van der Waals surface area contributed by atoms with Gasteiger partial charge in [-0.15, -0.1) is 0 Å². The summed E-state index contributed by atoms with van der Waals surface area (Å²) in [5.41, 5.74) is 1.46. The van der Waals surface area contributed by atoms with Gasteiger partial charge in [-0.3, -0.25) is 4.79 Å². The normalized spacial score (nSPS) is 11.4. The third kappa shape index (κ3) is 3.21. The molecule has 1 unspecified atom stereocenters. The minimum Gasteiger partial charge on any atom is -0.310 e. The number of benzene rings is 1. The lowest BCUT2D eigenvalue weighted by molar-refractivity contribution is -0.117. The molecule has 0 spiro atoms. The number of pyridine rings is 1. The van der Waals surface area contributed by atoms with E-state index in [1.54, 1.807) is 12.1 Å². The summed E-state index contributed by atoms with van der Waals surface area (Å²) in [6.45, 7) is 1.98. The van der Waals surface area contributed by atoms with Gasteiger partial charge in [0.25, 0.3) is 0 Å². The Morgan fingerprint density at radius 2 is 2.05 bits per heavy atom. The van der Waals surface area contributed by atoms with Crippen LogP contribution in [-0.4, -0.2) is 10.9 Å². The maximum Gasteiger partial charge on any atom is 0.233 e. The van der Waals surface area contributed by atoms with Gasteiger partial charge < -0.3 is 5.32 Å². The molecule has 2 rings (SSSR count). The molecule has 0 bridgehead atoms. The third-order valence-corrected chi connectivity index (χ3v) is 3.07. The molecule has 0 aliphatic heterocycles. The molecule has 2 aromatic rings. The average molecular weight is 265 g/mol. The lowest BCUT2D eigenvalue weighted by Crippen LogP contribution is -2.21. The topological polar surface area (TPSA) is 65.8 Å². The van der Waals surface area contributed by atoms with Crippen LogP contribution >= 0.6 is 0 Å². The van der Waals surface area contributed by atoms with Crippen LogP contribution in [0.5, 0.6) is 0 Å². The van der Waals surface area contributed by atoms with Gasteiger partial charge in [0.2, 0.25) is 5.91 Å².